The Bertz CT molecular complexity index is 361. The molecule has 1 aliphatic rings. The molecule has 1 aromatic carbocycles. The van der Waals surface area contributed by atoms with E-state index in [0.29, 0.717) is 12.0 Å². The van der Waals surface area contributed by atoms with E-state index < -0.39 is 0 Å². The highest BCUT2D eigenvalue weighted by atomic mass is 35.5. The van der Waals surface area contributed by atoms with E-state index in [4.69, 9.17) is 16.3 Å². The predicted molar refractivity (Wildman–Crippen MR) is 66.9 cm³/mol. The molecule has 1 saturated heterocycles. The van der Waals surface area contributed by atoms with Crippen molar-refractivity contribution in [2.24, 2.45) is 5.92 Å². The molecule has 1 fully saturated rings. The number of halogens is 1. The van der Waals surface area contributed by atoms with Crippen LogP contribution in [0.4, 0.5) is 0 Å². The molecule has 0 aliphatic carbocycles. The Balaban J connectivity index is 2.25. The van der Waals surface area contributed by atoms with E-state index in [-0.39, 0.29) is 0 Å². The van der Waals surface area contributed by atoms with Crippen LogP contribution in [0.15, 0.2) is 18.2 Å². The van der Waals surface area contributed by atoms with Crippen molar-refractivity contribution < 1.29 is 4.74 Å². The molecule has 1 aromatic rings. The molecule has 88 valence electrons. The van der Waals surface area contributed by atoms with Gasteiger partial charge in [0.2, 0.25) is 0 Å². The van der Waals surface area contributed by atoms with Crippen molar-refractivity contribution in [3.05, 3.63) is 34.3 Å². The topological polar surface area (TPSA) is 21.3 Å². The van der Waals surface area contributed by atoms with Crippen molar-refractivity contribution in [1.29, 1.82) is 0 Å². The molecule has 1 N–H and O–H groups in total. The fraction of sp³-hybridized carbons (Fsp3) is 0.538. The third-order valence-corrected chi connectivity index (χ3v) is 3.57. The first-order valence-corrected chi connectivity index (χ1v) is 6.11. The second-order valence-electron chi connectivity index (χ2n) is 4.41. The quantitative estimate of drug-likeness (QED) is 0.876. The van der Waals surface area contributed by atoms with E-state index in [1.165, 1.54) is 11.1 Å². The minimum absolute atomic E-state index is 0.301. The molecule has 2 atom stereocenters. The molecule has 0 amide bonds. The van der Waals surface area contributed by atoms with Gasteiger partial charge in [0.05, 0.1) is 6.61 Å². The van der Waals surface area contributed by atoms with Gasteiger partial charge in [-0.25, -0.2) is 0 Å². The van der Waals surface area contributed by atoms with Crippen LogP contribution in [0.3, 0.4) is 0 Å². The molecule has 2 rings (SSSR count). The number of rotatable bonds is 3. The molecule has 0 saturated carbocycles. The van der Waals surface area contributed by atoms with Crippen LogP contribution in [-0.4, -0.2) is 20.3 Å². The second-order valence-corrected chi connectivity index (χ2v) is 4.82. The number of benzene rings is 1. The highest BCUT2D eigenvalue weighted by molar-refractivity contribution is 6.31. The minimum Gasteiger partial charge on any atom is -0.381 e. The van der Waals surface area contributed by atoms with E-state index >= 15 is 0 Å². The van der Waals surface area contributed by atoms with Crippen LogP contribution >= 0.6 is 11.6 Å². The lowest BCUT2D eigenvalue weighted by atomic mass is 9.92. The van der Waals surface area contributed by atoms with Gasteiger partial charge in [-0.3, -0.25) is 0 Å². The Morgan fingerprint density at radius 2 is 2.31 bits per heavy atom. The Kier molecular flexibility index (Phi) is 3.85. The molecular formula is C13H18ClNO. The van der Waals surface area contributed by atoms with Gasteiger partial charge in [-0.2, -0.15) is 0 Å². The third kappa shape index (κ3) is 2.40. The Morgan fingerprint density at radius 3 is 2.88 bits per heavy atom. The van der Waals surface area contributed by atoms with Gasteiger partial charge in [0.1, 0.15) is 0 Å². The van der Waals surface area contributed by atoms with E-state index in [2.05, 4.69) is 24.4 Å². The van der Waals surface area contributed by atoms with Crippen LogP contribution in [0.5, 0.6) is 0 Å². The summed E-state index contributed by atoms with van der Waals surface area (Å²) in [6.07, 6.45) is 1.11. The summed E-state index contributed by atoms with van der Waals surface area (Å²) in [7, 11) is 1.99. The van der Waals surface area contributed by atoms with Crippen LogP contribution in [-0.2, 0) is 4.74 Å². The highest BCUT2D eigenvalue weighted by Gasteiger charge is 2.27. The Hall–Kier alpha value is -0.570. The predicted octanol–water partition coefficient (Wildman–Crippen LogP) is 2.95. The lowest BCUT2D eigenvalue weighted by molar-refractivity contribution is 0.178. The molecule has 16 heavy (non-hydrogen) atoms. The first-order chi connectivity index (χ1) is 7.72. The number of hydrogen-bond donors (Lipinski definition) is 1. The van der Waals surface area contributed by atoms with E-state index in [9.17, 15) is 0 Å². The van der Waals surface area contributed by atoms with Crippen LogP contribution < -0.4 is 5.32 Å². The smallest absolute Gasteiger partial charge is 0.0513 e. The Morgan fingerprint density at radius 1 is 1.50 bits per heavy atom. The molecule has 3 heteroatoms. The molecular weight excluding hydrogens is 222 g/mol. The molecule has 2 nitrogen and oxygen atoms in total. The molecule has 1 heterocycles. The number of nitrogens with one attached hydrogen (secondary N) is 1. The fourth-order valence-corrected chi connectivity index (χ4v) is 2.70. The SMILES string of the molecule is CNC(c1ccc(C)cc1Cl)C1CCOC1. The summed E-state index contributed by atoms with van der Waals surface area (Å²) in [6.45, 7) is 3.75. The summed E-state index contributed by atoms with van der Waals surface area (Å²) >= 11 is 6.30. The number of aryl methyl sites for hydroxylation is 1. The van der Waals surface area contributed by atoms with Gasteiger partial charge in [-0.1, -0.05) is 23.7 Å². The van der Waals surface area contributed by atoms with Crippen molar-refractivity contribution in [1.82, 2.24) is 5.32 Å². The van der Waals surface area contributed by atoms with Crippen LogP contribution in [0.1, 0.15) is 23.6 Å². The van der Waals surface area contributed by atoms with Crippen molar-refractivity contribution in [2.45, 2.75) is 19.4 Å². The summed E-state index contributed by atoms with van der Waals surface area (Å²) in [5, 5.41) is 4.21. The average Bonchev–Trinajstić information content (AvgIpc) is 2.75. The van der Waals surface area contributed by atoms with Crippen molar-refractivity contribution in [3.8, 4) is 0 Å². The zero-order chi connectivity index (χ0) is 11.5. The zero-order valence-corrected chi connectivity index (χ0v) is 10.6. The highest BCUT2D eigenvalue weighted by Crippen LogP contribution is 2.32. The molecule has 1 aliphatic heterocycles. The molecule has 2 unspecified atom stereocenters. The molecule has 0 aromatic heterocycles. The van der Waals surface area contributed by atoms with Gasteiger partial charge >= 0.3 is 0 Å². The minimum atomic E-state index is 0.301. The maximum Gasteiger partial charge on any atom is 0.0513 e. The first-order valence-electron chi connectivity index (χ1n) is 5.73. The van der Waals surface area contributed by atoms with Crippen molar-refractivity contribution >= 4 is 11.6 Å². The van der Waals surface area contributed by atoms with Crippen molar-refractivity contribution in [3.63, 3.8) is 0 Å². The first kappa shape index (κ1) is 11.9. The summed E-state index contributed by atoms with van der Waals surface area (Å²) in [4.78, 5) is 0. The summed E-state index contributed by atoms with van der Waals surface area (Å²) in [5.41, 5.74) is 2.39. The van der Waals surface area contributed by atoms with Gasteiger partial charge in [-0.15, -0.1) is 0 Å². The van der Waals surface area contributed by atoms with Crippen molar-refractivity contribution in [2.75, 3.05) is 20.3 Å². The maximum absolute atomic E-state index is 6.30. The zero-order valence-electron chi connectivity index (χ0n) is 9.79. The van der Waals surface area contributed by atoms with E-state index in [1.807, 2.05) is 13.1 Å². The monoisotopic (exact) mass is 239 g/mol. The van der Waals surface area contributed by atoms with Gasteiger partial charge in [-0.05, 0) is 37.6 Å². The second kappa shape index (κ2) is 5.17. The van der Waals surface area contributed by atoms with Gasteiger partial charge in [0, 0.05) is 23.6 Å². The van der Waals surface area contributed by atoms with Gasteiger partial charge < -0.3 is 10.1 Å². The summed E-state index contributed by atoms with van der Waals surface area (Å²) < 4.78 is 5.44. The number of ether oxygens (including phenoxy) is 1. The lowest BCUT2D eigenvalue weighted by Crippen LogP contribution is -2.25. The largest absolute Gasteiger partial charge is 0.381 e. The van der Waals surface area contributed by atoms with Gasteiger partial charge in [0.25, 0.3) is 0 Å². The van der Waals surface area contributed by atoms with Gasteiger partial charge in [0.15, 0.2) is 0 Å². The van der Waals surface area contributed by atoms with Crippen LogP contribution in [0.25, 0.3) is 0 Å². The molecule has 0 radical (unpaired) electrons. The lowest BCUT2D eigenvalue weighted by Gasteiger charge is -2.23. The average molecular weight is 240 g/mol. The van der Waals surface area contributed by atoms with E-state index in [1.54, 1.807) is 0 Å². The third-order valence-electron chi connectivity index (χ3n) is 3.24. The van der Waals surface area contributed by atoms with Crippen LogP contribution in [0, 0.1) is 12.8 Å². The summed E-state index contributed by atoms with van der Waals surface area (Å²) in [6, 6.07) is 6.56. The maximum atomic E-state index is 6.30. The van der Waals surface area contributed by atoms with Crippen LogP contribution in [0.2, 0.25) is 5.02 Å². The molecule has 0 bridgehead atoms. The van der Waals surface area contributed by atoms with E-state index in [0.717, 1.165) is 24.7 Å². The Labute approximate surface area is 102 Å². The standard InChI is InChI=1S/C13H18ClNO/c1-9-3-4-11(12(14)7-9)13(15-2)10-5-6-16-8-10/h3-4,7,10,13,15H,5-6,8H2,1-2H3. The normalized spacial score (nSPS) is 22.3. The fourth-order valence-electron chi connectivity index (χ4n) is 2.35. The molecule has 0 spiro atoms. The summed E-state index contributed by atoms with van der Waals surface area (Å²) in [5.74, 6) is 0.533. The number of hydrogen-bond acceptors (Lipinski definition) is 2.